The highest BCUT2D eigenvalue weighted by Crippen LogP contribution is 2.28. The van der Waals surface area contributed by atoms with E-state index >= 15 is 0 Å². The molecule has 0 atom stereocenters. The highest BCUT2D eigenvalue weighted by molar-refractivity contribution is 6.03. The summed E-state index contributed by atoms with van der Waals surface area (Å²) in [5, 5.41) is 16.2. The molecule has 4 N–H and O–H groups in total. The Kier molecular flexibility index (Phi) is 6.14. The lowest BCUT2D eigenvalue weighted by atomic mass is 9.98. The Morgan fingerprint density at radius 3 is 2.38 bits per heavy atom. The second kappa shape index (κ2) is 9.19. The summed E-state index contributed by atoms with van der Waals surface area (Å²) in [6.45, 7) is 5.77. The lowest BCUT2D eigenvalue weighted by Crippen LogP contribution is -2.39. The van der Waals surface area contributed by atoms with Crippen LogP contribution in [0.25, 0.3) is 22.6 Å². The number of pyridine rings is 1. The zero-order valence-electron chi connectivity index (χ0n) is 19.4. The number of benzene rings is 2. The molecule has 0 saturated heterocycles. The molecule has 0 unspecified atom stereocenters. The van der Waals surface area contributed by atoms with Crippen molar-refractivity contribution in [1.29, 1.82) is 0 Å². The van der Waals surface area contributed by atoms with Crippen LogP contribution in [-0.4, -0.2) is 34.0 Å². The van der Waals surface area contributed by atoms with E-state index in [1.54, 1.807) is 43.5 Å². The topological polar surface area (TPSA) is 111 Å². The van der Waals surface area contributed by atoms with E-state index in [0.717, 1.165) is 27.1 Å². The van der Waals surface area contributed by atoms with E-state index in [-0.39, 0.29) is 11.6 Å². The molecule has 8 heteroatoms. The fourth-order valence-corrected chi connectivity index (χ4v) is 4.03. The van der Waals surface area contributed by atoms with Gasteiger partial charge in [0.2, 0.25) is 0 Å². The molecular weight excluding hydrogens is 430 g/mol. The third-order valence-corrected chi connectivity index (χ3v) is 5.68. The summed E-state index contributed by atoms with van der Waals surface area (Å²) in [4.78, 5) is 32.5. The van der Waals surface area contributed by atoms with Crippen LogP contribution in [0.1, 0.15) is 37.7 Å². The second-order valence-corrected chi connectivity index (χ2v) is 8.07. The van der Waals surface area contributed by atoms with Crippen LogP contribution < -0.4 is 15.4 Å². The number of hydrogen-bond acceptors (Lipinski definition) is 4. The van der Waals surface area contributed by atoms with Crippen molar-refractivity contribution in [2.45, 2.75) is 20.8 Å². The molecule has 172 valence electrons. The predicted octanol–water partition coefficient (Wildman–Crippen LogP) is 3.81. The zero-order valence-corrected chi connectivity index (χ0v) is 19.4. The molecule has 0 aliphatic carbocycles. The van der Waals surface area contributed by atoms with Gasteiger partial charge in [-0.25, -0.2) is 4.98 Å². The van der Waals surface area contributed by atoms with Crippen molar-refractivity contribution in [1.82, 2.24) is 15.3 Å². The molecule has 2 aromatic carbocycles. The largest absolute Gasteiger partial charge is 0.355 e. The van der Waals surface area contributed by atoms with Gasteiger partial charge in [0, 0.05) is 37.0 Å². The van der Waals surface area contributed by atoms with Crippen molar-refractivity contribution in [2.75, 3.05) is 12.4 Å². The van der Waals surface area contributed by atoms with Crippen molar-refractivity contribution in [2.24, 2.45) is 0 Å². The number of rotatable bonds is 5. The van der Waals surface area contributed by atoms with Crippen molar-refractivity contribution in [3.05, 3.63) is 88.9 Å². The normalized spacial score (nSPS) is 10.7. The molecule has 4 rings (SSSR count). The van der Waals surface area contributed by atoms with Gasteiger partial charge in [-0.1, -0.05) is 24.3 Å². The molecule has 0 fully saturated rings. The van der Waals surface area contributed by atoms with Gasteiger partial charge < -0.3 is 15.8 Å². The minimum Gasteiger partial charge on any atom is -0.355 e. The molecule has 0 spiro atoms. The smallest absolute Gasteiger partial charge is 0.327 e. The van der Waals surface area contributed by atoms with Gasteiger partial charge in [0.05, 0.1) is 11.3 Å². The number of aromatic amines is 1. The van der Waals surface area contributed by atoms with Gasteiger partial charge in [-0.3, -0.25) is 14.6 Å². The van der Waals surface area contributed by atoms with Gasteiger partial charge in [0.15, 0.2) is 5.69 Å². The maximum absolute atomic E-state index is 13.0. The Hall–Kier alpha value is -4.46. The average molecular weight is 457 g/mol. The summed E-state index contributed by atoms with van der Waals surface area (Å²) in [6.07, 6.45) is 1.68. The molecule has 2 aromatic heterocycles. The lowest BCUT2D eigenvalue weighted by Gasteiger charge is -2.09. The van der Waals surface area contributed by atoms with Crippen LogP contribution in [0.15, 0.2) is 60.8 Å². The lowest BCUT2D eigenvalue weighted by molar-refractivity contribution is -0.896. The first-order valence-corrected chi connectivity index (χ1v) is 10.8. The van der Waals surface area contributed by atoms with Crippen molar-refractivity contribution < 1.29 is 19.5 Å². The third kappa shape index (κ3) is 4.25. The molecule has 34 heavy (non-hydrogen) atoms. The number of carbonyl (C=O) groups excluding carboxylic acids is 2. The minimum atomic E-state index is -0.513. The highest BCUT2D eigenvalue weighted by Gasteiger charge is 2.30. The quantitative estimate of drug-likeness (QED) is 0.270. The van der Waals surface area contributed by atoms with Gasteiger partial charge in [-0.2, -0.15) is 0 Å². The fourth-order valence-electron chi connectivity index (χ4n) is 4.03. The third-order valence-electron chi connectivity index (χ3n) is 5.68. The first kappa shape index (κ1) is 22.7. The standard InChI is InChI=1S/C26H25N5O3/c1-15-7-5-8-16(2)22(15)21-14-18(11-12-28-21)24-29-17(3)23(31(24)34)26(33)30-20-10-6-9-19(13-20)25(32)27-4/h5-14,34H,1-4H3,(H2,27,30,32,33)/p+1. The fraction of sp³-hybridized carbons (Fsp3) is 0.154. The Labute approximate surface area is 197 Å². The van der Waals surface area contributed by atoms with Crippen LogP contribution in [-0.2, 0) is 0 Å². The molecule has 8 nitrogen and oxygen atoms in total. The van der Waals surface area contributed by atoms with Crippen LogP contribution in [0.3, 0.4) is 0 Å². The second-order valence-electron chi connectivity index (χ2n) is 8.07. The van der Waals surface area contributed by atoms with E-state index in [9.17, 15) is 14.8 Å². The molecule has 2 heterocycles. The Bertz CT molecular complexity index is 1390. The van der Waals surface area contributed by atoms with Crippen LogP contribution >= 0.6 is 0 Å². The number of nitrogens with zero attached hydrogens (tertiary/aromatic N) is 2. The average Bonchev–Trinajstić information content (AvgIpc) is 3.12. The number of hydrogen-bond donors (Lipinski definition) is 4. The molecule has 0 bridgehead atoms. The van der Waals surface area contributed by atoms with Crippen LogP contribution in [0.2, 0.25) is 0 Å². The summed E-state index contributed by atoms with van der Waals surface area (Å²) in [5.41, 5.74) is 6.09. The first-order chi connectivity index (χ1) is 16.3. The minimum absolute atomic E-state index is 0.0609. The van der Waals surface area contributed by atoms with E-state index in [2.05, 4.69) is 20.6 Å². The molecule has 0 saturated carbocycles. The van der Waals surface area contributed by atoms with Crippen molar-refractivity contribution >= 4 is 17.5 Å². The number of nitrogens with one attached hydrogen (secondary N) is 3. The number of anilines is 1. The Balaban J connectivity index is 1.67. The monoisotopic (exact) mass is 456 g/mol. The van der Waals surface area contributed by atoms with E-state index in [0.29, 0.717) is 28.3 Å². The van der Waals surface area contributed by atoms with E-state index in [4.69, 9.17) is 0 Å². The SMILES string of the molecule is CNC(=O)c1cccc(NC(=O)c2c(C)[nH]c(-c3ccnc(-c4c(C)cccc4C)c3)[n+]2O)c1. The summed E-state index contributed by atoms with van der Waals surface area (Å²) >= 11 is 0. The van der Waals surface area contributed by atoms with Gasteiger partial charge in [-0.05, 0) is 60.0 Å². The van der Waals surface area contributed by atoms with E-state index < -0.39 is 5.91 Å². The van der Waals surface area contributed by atoms with Crippen LogP contribution in [0.4, 0.5) is 5.69 Å². The van der Waals surface area contributed by atoms with E-state index in [1.807, 2.05) is 38.1 Å². The summed E-state index contributed by atoms with van der Waals surface area (Å²) < 4.78 is 0.844. The maximum atomic E-state index is 13.0. The van der Waals surface area contributed by atoms with Crippen molar-refractivity contribution in [3.63, 3.8) is 0 Å². The molecular formula is C26H26N5O3+. The molecule has 0 radical (unpaired) electrons. The first-order valence-electron chi connectivity index (χ1n) is 10.8. The van der Waals surface area contributed by atoms with Gasteiger partial charge in [0.1, 0.15) is 0 Å². The van der Waals surface area contributed by atoms with Gasteiger partial charge >= 0.3 is 11.7 Å². The Morgan fingerprint density at radius 1 is 0.971 bits per heavy atom. The summed E-state index contributed by atoms with van der Waals surface area (Å²) in [7, 11) is 1.54. The summed E-state index contributed by atoms with van der Waals surface area (Å²) in [5.74, 6) is -0.414. The number of aromatic nitrogens is 3. The number of imidazole rings is 1. The molecule has 4 aromatic rings. The maximum Gasteiger partial charge on any atom is 0.327 e. The number of carbonyl (C=O) groups is 2. The Morgan fingerprint density at radius 2 is 1.68 bits per heavy atom. The van der Waals surface area contributed by atoms with Gasteiger partial charge in [-0.15, -0.1) is 0 Å². The number of amides is 2. The molecule has 0 aliphatic rings. The zero-order chi connectivity index (χ0) is 24.4. The summed E-state index contributed by atoms with van der Waals surface area (Å²) in [6, 6.07) is 16.3. The van der Waals surface area contributed by atoms with Crippen LogP contribution in [0.5, 0.6) is 0 Å². The number of aryl methyl sites for hydroxylation is 3. The predicted molar refractivity (Wildman–Crippen MR) is 129 cm³/mol. The van der Waals surface area contributed by atoms with Crippen LogP contribution in [0, 0.1) is 20.8 Å². The van der Waals surface area contributed by atoms with Crippen molar-refractivity contribution in [3.8, 4) is 22.6 Å². The molecule has 0 aliphatic heterocycles. The van der Waals surface area contributed by atoms with Gasteiger partial charge in [0.25, 0.3) is 11.6 Å². The molecule has 2 amide bonds. The highest BCUT2D eigenvalue weighted by atomic mass is 16.5. The number of H-pyrrole nitrogens is 1. The van der Waals surface area contributed by atoms with E-state index in [1.165, 1.54) is 7.05 Å².